The maximum atomic E-state index is 5.32. The highest BCUT2D eigenvalue weighted by Crippen LogP contribution is 2.18. The molecule has 25 heavy (non-hydrogen) atoms. The molecule has 1 heterocycles. The van der Waals surface area contributed by atoms with E-state index in [0.717, 1.165) is 12.3 Å². The van der Waals surface area contributed by atoms with E-state index >= 15 is 0 Å². The molecule has 0 spiro atoms. The van der Waals surface area contributed by atoms with Crippen LogP contribution in [0, 0.1) is 0 Å². The average Bonchev–Trinajstić information content (AvgIpc) is 2.62. The summed E-state index contributed by atoms with van der Waals surface area (Å²) in [5, 5.41) is 1.25. The Morgan fingerprint density at radius 3 is 2.12 bits per heavy atom. The topological polar surface area (TPSA) is 13.1 Å². The number of pyridine rings is 1. The lowest BCUT2D eigenvalue weighted by molar-refractivity contribution is -0.671. The number of benzene rings is 1. The van der Waals surface area contributed by atoms with Gasteiger partial charge in [-0.15, -0.1) is 0 Å². The van der Waals surface area contributed by atoms with Crippen LogP contribution < -0.4 is 33.3 Å². The molecule has 0 aliphatic rings. The van der Waals surface area contributed by atoms with Crippen molar-refractivity contribution in [3.63, 3.8) is 0 Å². The summed E-state index contributed by atoms with van der Waals surface area (Å²) in [6, 6.07) is 10.6. The third-order valence-corrected chi connectivity index (χ3v) is 4.84. The van der Waals surface area contributed by atoms with Gasteiger partial charge in [0.2, 0.25) is 5.52 Å². The second-order valence-corrected chi connectivity index (χ2v) is 6.81. The van der Waals surface area contributed by atoms with Crippen LogP contribution in [0.4, 0.5) is 0 Å². The van der Waals surface area contributed by atoms with Gasteiger partial charge in [0.1, 0.15) is 12.3 Å². The van der Waals surface area contributed by atoms with Crippen molar-refractivity contribution in [1.29, 1.82) is 0 Å². The van der Waals surface area contributed by atoms with E-state index in [1.807, 2.05) is 0 Å². The Labute approximate surface area is 171 Å². The zero-order valence-corrected chi connectivity index (χ0v) is 18.1. The van der Waals surface area contributed by atoms with Gasteiger partial charge in [0.15, 0.2) is 6.20 Å². The van der Waals surface area contributed by atoms with Gasteiger partial charge in [0.25, 0.3) is 0 Å². The minimum Gasteiger partial charge on any atom is -1.00 e. The summed E-state index contributed by atoms with van der Waals surface area (Å²) in [5.74, 6) is 0.930. The van der Waals surface area contributed by atoms with Gasteiger partial charge in [0.05, 0.1) is 12.5 Å². The van der Waals surface area contributed by atoms with Crippen molar-refractivity contribution in [2.45, 2.75) is 77.7 Å². The van der Waals surface area contributed by atoms with E-state index in [9.17, 15) is 0 Å². The molecular weight excluding hydrogens is 421 g/mol. The molecule has 2 aromatic rings. The van der Waals surface area contributed by atoms with Gasteiger partial charge in [-0.1, -0.05) is 58.3 Å². The molecule has 0 atom stereocenters. The number of nitrogens with zero attached hydrogens (tertiary/aromatic N) is 1. The molecule has 0 unspecified atom stereocenters. The minimum atomic E-state index is 0. The van der Waals surface area contributed by atoms with Crippen LogP contribution in [-0.2, 0) is 6.54 Å². The van der Waals surface area contributed by atoms with Crippen molar-refractivity contribution in [2.75, 3.05) is 7.11 Å². The SMILES string of the molecule is CCCCCCCCCCCC[n+]1cccc2cc(OC)ccc21.[I-]. The average molecular weight is 455 g/mol. The van der Waals surface area contributed by atoms with Crippen LogP contribution in [0.2, 0.25) is 0 Å². The Balaban J connectivity index is 0.00000312. The Morgan fingerprint density at radius 1 is 0.840 bits per heavy atom. The highest BCUT2D eigenvalue weighted by molar-refractivity contribution is 5.77. The third kappa shape index (κ3) is 7.93. The van der Waals surface area contributed by atoms with E-state index in [1.165, 1.54) is 75.1 Å². The number of fused-ring (bicyclic) bond motifs is 1. The van der Waals surface area contributed by atoms with Gasteiger partial charge in [-0.3, -0.25) is 0 Å². The minimum absolute atomic E-state index is 0. The van der Waals surface area contributed by atoms with Crippen molar-refractivity contribution in [2.24, 2.45) is 0 Å². The molecule has 140 valence electrons. The fraction of sp³-hybridized carbons (Fsp3) is 0.591. The number of methoxy groups -OCH3 is 1. The summed E-state index contributed by atoms with van der Waals surface area (Å²) in [6.45, 7) is 3.39. The van der Waals surface area contributed by atoms with Gasteiger partial charge >= 0.3 is 0 Å². The van der Waals surface area contributed by atoms with Crippen molar-refractivity contribution >= 4 is 10.9 Å². The fourth-order valence-electron chi connectivity index (χ4n) is 3.35. The number of aryl methyl sites for hydroxylation is 1. The first-order valence-electron chi connectivity index (χ1n) is 9.81. The molecule has 0 fully saturated rings. The normalized spacial score (nSPS) is 10.6. The fourth-order valence-corrected chi connectivity index (χ4v) is 3.35. The summed E-state index contributed by atoms with van der Waals surface area (Å²) >= 11 is 0. The Kier molecular flexibility index (Phi) is 11.9. The lowest BCUT2D eigenvalue weighted by Crippen LogP contribution is -3.00. The van der Waals surface area contributed by atoms with Gasteiger partial charge in [-0.05, 0) is 24.6 Å². The monoisotopic (exact) mass is 455 g/mol. The Morgan fingerprint density at radius 2 is 1.48 bits per heavy atom. The number of hydrogen-bond donors (Lipinski definition) is 0. The molecule has 0 amide bonds. The predicted molar refractivity (Wildman–Crippen MR) is 103 cm³/mol. The molecule has 0 N–H and O–H groups in total. The number of ether oxygens (including phenoxy) is 1. The van der Waals surface area contributed by atoms with Crippen LogP contribution in [0.3, 0.4) is 0 Å². The molecule has 0 aliphatic heterocycles. The second kappa shape index (κ2) is 13.4. The van der Waals surface area contributed by atoms with Crippen LogP contribution >= 0.6 is 0 Å². The Bertz CT molecular complexity index is 600. The van der Waals surface area contributed by atoms with E-state index < -0.39 is 0 Å². The number of rotatable bonds is 12. The first-order valence-corrected chi connectivity index (χ1v) is 9.81. The standard InChI is InChI=1S/C22H34NO.HI/c1-3-4-5-6-7-8-9-10-11-12-17-23-18-13-14-20-19-21(24-2)15-16-22(20)23;/h13-16,18-19H,3-12,17H2,1-2H3;1H/q+1;/p-1. The van der Waals surface area contributed by atoms with Crippen LogP contribution in [0.5, 0.6) is 5.75 Å². The van der Waals surface area contributed by atoms with Gasteiger partial charge < -0.3 is 28.7 Å². The molecule has 0 saturated heterocycles. The lowest BCUT2D eigenvalue weighted by atomic mass is 10.1. The van der Waals surface area contributed by atoms with E-state index in [0.29, 0.717) is 0 Å². The van der Waals surface area contributed by atoms with Crippen LogP contribution in [0.25, 0.3) is 10.9 Å². The third-order valence-electron chi connectivity index (χ3n) is 4.84. The molecule has 1 aromatic carbocycles. The van der Waals surface area contributed by atoms with Crippen LogP contribution in [0.15, 0.2) is 36.5 Å². The smallest absolute Gasteiger partial charge is 0.212 e. The van der Waals surface area contributed by atoms with E-state index in [4.69, 9.17) is 4.74 Å². The molecule has 1 aromatic heterocycles. The first-order chi connectivity index (χ1) is 11.8. The van der Waals surface area contributed by atoms with Crippen molar-refractivity contribution in [3.05, 3.63) is 36.5 Å². The van der Waals surface area contributed by atoms with Gasteiger partial charge in [-0.25, -0.2) is 0 Å². The molecule has 0 radical (unpaired) electrons. The van der Waals surface area contributed by atoms with E-state index in [-0.39, 0.29) is 24.0 Å². The number of halogens is 1. The molecule has 0 aliphatic carbocycles. The highest BCUT2D eigenvalue weighted by Gasteiger charge is 2.08. The number of unbranched alkanes of at least 4 members (excludes halogenated alkanes) is 9. The quantitative estimate of drug-likeness (QED) is 0.273. The zero-order valence-electron chi connectivity index (χ0n) is 16.0. The van der Waals surface area contributed by atoms with Gasteiger partial charge in [-0.2, -0.15) is 4.57 Å². The summed E-state index contributed by atoms with van der Waals surface area (Å²) in [6.07, 6.45) is 16.1. The molecular formula is C22H34INO. The van der Waals surface area contributed by atoms with Crippen LogP contribution in [0.1, 0.15) is 71.1 Å². The number of hydrogen-bond acceptors (Lipinski definition) is 1. The largest absolute Gasteiger partial charge is 1.00 e. The molecule has 3 heteroatoms. The maximum Gasteiger partial charge on any atom is 0.212 e. The molecule has 0 saturated carbocycles. The van der Waals surface area contributed by atoms with Gasteiger partial charge in [0, 0.05) is 18.6 Å². The summed E-state index contributed by atoms with van der Waals surface area (Å²) in [4.78, 5) is 0. The maximum absolute atomic E-state index is 5.32. The lowest BCUT2D eigenvalue weighted by Gasteiger charge is -2.04. The zero-order chi connectivity index (χ0) is 17.0. The second-order valence-electron chi connectivity index (χ2n) is 6.81. The Hall–Kier alpha value is -0.840. The highest BCUT2D eigenvalue weighted by atomic mass is 127. The molecule has 0 bridgehead atoms. The van der Waals surface area contributed by atoms with Crippen molar-refractivity contribution in [1.82, 2.24) is 0 Å². The van der Waals surface area contributed by atoms with Crippen LogP contribution in [-0.4, -0.2) is 7.11 Å². The summed E-state index contributed by atoms with van der Waals surface area (Å²) in [7, 11) is 1.72. The van der Waals surface area contributed by atoms with E-state index in [2.05, 4.69) is 48.0 Å². The predicted octanol–water partition coefficient (Wildman–Crippen LogP) is 3.06. The van der Waals surface area contributed by atoms with E-state index in [1.54, 1.807) is 7.11 Å². The summed E-state index contributed by atoms with van der Waals surface area (Å²) in [5.41, 5.74) is 1.30. The van der Waals surface area contributed by atoms with Crippen molar-refractivity contribution in [3.8, 4) is 5.75 Å². The molecule has 2 nitrogen and oxygen atoms in total. The van der Waals surface area contributed by atoms with Crippen molar-refractivity contribution < 1.29 is 33.3 Å². The first kappa shape index (κ1) is 22.2. The molecule has 2 rings (SSSR count). The summed E-state index contributed by atoms with van der Waals surface area (Å²) < 4.78 is 7.69. The number of aromatic nitrogens is 1.